The van der Waals surface area contributed by atoms with Crippen molar-refractivity contribution in [2.24, 2.45) is 0 Å². The third-order valence-electron chi connectivity index (χ3n) is 5.61. The summed E-state index contributed by atoms with van der Waals surface area (Å²) in [6.45, 7) is 3.17. The average Bonchev–Trinajstić information content (AvgIpc) is 3.26. The number of thiocarbonyl (C=S) groups is 1. The zero-order valence-electron chi connectivity index (χ0n) is 14.8. The zero-order valence-corrected chi connectivity index (χ0v) is 15.6. The maximum Gasteiger partial charge on any atom is 0.170 e. The average molecular weight is 355 g/mol. The van der Waals surface area contributed by atoms with Gasteiger partial charge in [0.15, 0.2) is 5.11 Å². The normalized spacial score (nSPS) is 24.5. The molecule has 2 aromatic heterocycles. The minimum Gasteiger partial charge on any atom is -0.352 e. The second-order valence-electron chi connectivity index (χ2n) is 7.04. The van der Waals surface area contributed by atoms with Crippen molar-refractivity contribution in [3.63, 3.8) is 0 Å². The number of hydrogen-bond acceptors (Lipinski definition) is 2. The van der Waals surface area contributed by atoms with Gasteiger partial charge in [0.1, 0.15) is 0 Å². The van der Waals surface area contributed by atoms with Gasteiger partial charge in [-0.15, -0.1) is 0 Å². The van der Waals surface area contributed by atoms with Gasteiger partial charge < -0.3 is 14.8 Å². The molecule has 4 nitrogen and oxygen atoms in total. The highest BCUT2D eigenvalue weighted by Gasteiger charge is 2.44. The van der Waals surface area contributed by atoms with Gasteiger partial charge in [-0.25, -0.2) is 0 Å². The van der Waals surface area contributed by atoms with Gasteiger partial charge in [0.05, 0.1) is 17.8 Å². The quantitative estimate of drug-likeness (QED) is 0.834. The predicted molar refractivity (Wildman–Crippen MR) is 104 cm³/mol. The van der Waals surface area contributed by atoms with E-state index in [0.717, 1.165) is 17.4 Å². The van der Waals surface area contributed by atoms with Crippen molar-refractivity contribution >= 4 is 17.3 Å². The topological polar surface area (TPSA) is 33.1 Å². The molecular formula is C20H26N4S. The summed E-state index contributed by atoms with van der Waals surface area (Å²) in [7, 11) is 0. The smallest absolute Gasteiger partial charge is 0.170 e. The molecule has 5 heteroatoms. The fourth-order valence-electron chi connectivity index (χ4n) is 4.42. The van der Waals surface area contributed by atoms with Gasteiger partial charge in [0.2, 0.25) is 0 Å². The molecule has 0 amide bonds. The van der Waals surface area contributed by atoms with Crippen LogP contribution in [-0.2, 0) is 6.54 Å². The first kappa shape index (κ1) is 16.6. The number of aryl methyl sites for hydroxylation is 1. The van der Waals surface area contributed by atoms with Crippen LogP contribution < -0.4 is 5.32 Å². The van der Waals surface area contributed by atoms with E-state index in [-0.39, 0.29) is 12.1 Å². The summed E-state index contributed by atoms with van der Waals surface area (Å²) in [5, 5.41) is 4.47. The molecule has 2 aromatic rings. The van der Waals surface area contributed by atoms with Crippen molar-refractivity contribution in [3.8, 4) is 0 Å². The molecule has 0 aromatic carbocycles. The predicted octanol–water partition coefficient (Wildman–Crippen LogP) is 4.21. The highest BCUT2D eigenvalue weighted by molar-refractivity contribution is 7.80. The Hall–Kier alpha value is -1.88. The summed E-state index contributed by atoms with van der Waals surface area (Å²) in [6, 6.07) is 11.4. The molecule has 4 rings (SSSR count). The molecule has 2 atom stereocenters. The van der Waals surface area contributed by atoms with Gasteiger partial charge in [0.25, 0.3) is 0 Å². The molecule has 132 valence electrons. The largest absolute Gasteiger partial charge is 0.352 e. The van der Waals surface area contributed by atoms with Crippen LogP contribution >= 0.6 is 12.2 Å². The number of hydrogen-bond donors (Lipinski definition) is 1. The number of pyridine rings is 1. The Labute approximate surface area is 155 Å². The van der Waals surface area contributed by atoms with Crippen LogP contribution in [0.4, 0.5) is 0 Å². The first-order valence-corrected chi connectivity index (χ1v) is 9.85. The van der Waals surface area contributed by atoms with Gasteiger partial charge in [-0.1, -0.05) is 25.3 Å². The van der Waals surface area contributed by atoms with Gasteiger partial charge in [-0.05, 0) is 56.2 Å². The second-order valence-corrected chi connectivity index (χ2v) is 7.43. The Morgan fingerprint density at radius 2 is 2.00 bits per heavy atom. The lowest BCUT2D eigenvalue weighted by molar-refractivity contribution is 0.191. The third-order valence-corrected chi connectivity index (χ3v) is 5.94. The van der Waals surface area contributed by atoms with E-state index in [1.807, 2.05) is 12.3 Å². The Balaban J connectivity index is 1.76. The Morgan fingerprint density at radius 3 is 2.72 bits per heavy atom. The molecule has 2 fully saturated rings. The monoisotopic (exact) mass is 354 g/mol. The summed E-state index contributed by atoms with van der Waals surface area (Å²) in [4.78, 5) is 7.11. The maximum absolute atomic E-state index is 5.81. The van der Waals surface area contributed by atoms with Crippen LogP contribution in [0, 0.1) is 0 Å². The van der Waals surface area contributed by atoms with E-state index in [1.165, 1.54) is 37.8 Å². The fourth-order valence-corrected chi connectivity index (χ4v) is 4.81. The maximum atomic E-state index is 5.81. The molecule has 0 spiro atoms. The summed E-state index contributed by atoms with van der Waals surface area (Å²) < 4.78 is 2.34. The Morgan fingerprint density at radius 1 is 1.16 bits per heavy atom. The van der Waals surface area contributed by atoms with Crippen LogP contribution in [0.5, 0.6) is 0 Å². The first-order valence-electron chi connectivity index (χ1n) is 9.44. The van der Waals surface area contributed by atoms with Crippen molar-refractivity contribution < 1.29 is 0 Å². The Kier molecular flexibility index (Phi) is 4.75. The van der Waals surface area contributed by atoms with Crippen molar-refractivity contribution in [1.29, 1.82) is 0 Å². The van der Waals surface area contributed by atoms with E-state index in [0.29, 0.717) is 6.04 Å². The number of nitrogens with one attached hydrogen (secondary N) is 1. The van der Waals surface area contributed by atoms with Gasteiger partial charge in [-0.3, -0.25) is 4.98 Å². The van der Waals surface area contributed by atoms with E-state index < -0.39 is 0 Å². The van der Waals surface area contributed by atoms with E-state index in [4.69, 9.17) is 12.2 Å². The van der Waals surface area contributed by atoms with Crippen LogP contribution in [0.25, 0.3) is 0 Å². The summed E-state index contributed by atoms with van der Waals surface area (Å²) in [5.74, 6) is 0. The van der Waals surface area contributed by atoms with Crippen LogP contribution in [0.15, 0.2) is 42.7 Å². The second kappa shape index (κ2) is 7.16. The highest BCUT2D eigenvalue weighted by Crippen LogP contribution is 2.42. The van der Waals surface area contributed by atoms with Crippen LogP contribution in [0.3, 0.4) is 0 Å². The lowest BCUT2D eigenvalue weighted by atomic mass is 9.92. The highest BCUT2D eigenvalue weighted by atomic mass is 32.1. The first-order chi connectivity index (χ1) is 12.3. The molecule has 1 saturated carbocycles. The molecule has 1 N–H and O–H groups in total. The SMILES string of the molecule is CCn1cccc1[C@@H]1[C@H](c2ccccn2)NC(=S)N1C1CCCCC1. The fraction of sp³-hybridized carbons (Fsp3) is 0.500. The Bertz CT molecular complexity index is 720. The van der Waals surface area contributed by atoms with Gasteiger partial charge in [0, 0.05) is 30.7 Å². The van der Waals surface area contributed by atoms with E-state index in [1.54, 1.807) is 0 Å². The molecule has 0 radical (unpaired) electrons. The molecule has 1 saturated heterocycles. The summed E-state index contributed by atoms with van der Waals surface area (Å²) >= 11 is 5.81. The molecule has 0 unspecified atom stereocenters. The lowest BCUT2D eigenvalue weighted by Gasteiger charge is -2.37. The molecule has 25 heavy (non-hydrogen) atoms. The number of nitrogens with zero attached hydrogens (tertiary/aromatic N) is 3. The van der Waals surface area contributed by atoms with Crippen LogP contribution in [0.2, 0.25) is 0 Å². The van der Waals surface area contributed by atoms with Crippen molar-refractivity contribution in [2.75, 3.05) is 0 Å². The number of rotatable bonds is 4. The van der Waals surface area contributed by atoms with Crippen LogP contribution in [-0.4, -0.2) is 25.6 Å². The third kappa shape index (κ3) is 3.06. The zero-order chi connectivity index (χ0) is 17.2. The van der Waals surface area contributed by atoms with Crippen molar-refractivity contribution in [3.05, 3.63) is 54.1 Å². The van der Waals surface area contributed by atoms with Crippen molar-refractivity contribution in [1.82, 2.24) is 19.8 Å². The van der Waals surface area contributed by atoms with E-state index in [9.17, 15) is 0 Å². The van der Waals surface area contributed by atoms with Crippen LogP contribution in [0.1, 0.15) is 62.5 Å². The minimum absolute atomic E-state index is 0.107. The lowest BCUT2D eigenvalue weighted by Crippen LogP contribution is -2.40. The summed E-state index contributed by atoms with van der Waals surface area (Å²) in [6.07, 6.45) is 10.5. The van der Waals surface area contributed by atoms with Gasteiger partial charge >= 0.3 is 0 Å². The molecule has 2 aliphatic rings. The summed E-state index contributed by atoms with van der Waals surface area (Å²) in [5.41, 5.74) is 2.40. The van der Waals surface area contributed by atoms with E-state index >= 15 is 0 Å². The minimum atomic E-state index is 0.107. The van der Waals surface area contributed by atoms with Gasteiger partial charge in [-0.2, -0.15) is 0 Å². The standard InChI is InChI=1S/C20H26N4S/c1-2-23-14-8-12-17(23)19-18(16-11-6-7-13-21-16)22-20(25)24(19)15-9-4-3-5-10-15/h6-8,11-15,18-19H,2-5,9-10H2,1H3,(H,22,25)/t18-,19+/m0/s1. The molecule has 3 heterocycles. The molecule has 1 aliphatic carbocycles. The number of aromatic nitrogens is 2. The molecule has 1 aliphatic heterocycles. The van der Waals surface area contributed by atoms with E-state index in [2.05, 4.69) is 57.2 Å². The molecular weight excluding hydrogens is 328 g/mol. The van der Waals surface area contributed by atoms with Crippen molar-refractivity contribution in [2.45, 2.75) is 63.7 Å². The molecule has 0 bridgehead atoms.